The lowest BCUT2D eigenvalue weighted by molar-refractivity contribution is 0.314. The Morgan fingerprint density at radius 2 is 1.87 bits per heavy atom. The van der Waals surface area contributed by atoms with Crippen molar-refractivity contribution in [2.45, 2.75) is 77.7 Å². The predicted molar refractivity (Wildman–Crippen MR) is 68.2 cm³/mol. The fourth-order valence-electron chi connectivity index (χ4n) is 2.18. The minimum atomic E-state index is 0.868. The van der Waals surface area contributed by atoms with E-state index in [1.165, 1.54) is 64.3 Å². The molecule has 0 bridgehead atoms. The van der Waals surface area contributed by atoms with Gasteiger partial charge in [0, 0.05) is 6.04 Å². The third-order valence-corrected chi connectivity index (χ3v) is 3.66. The van der Waals surface area contributed by atoms with E-state index in [2.05, 4.69) is 19.2 Å². The van der Waals surface area contributed by atoms with Crippen molar-refractivity contribution in [2.75, 3.05) is 6.54 Å². The number of hydrogen-bond donors (Lipinski definition) is 1. The molecule has 0 aromatic carbocycles. The van der Waals surface area contributed by atoms with Gasteiger partial charge in [-0.25, -0.2) is 0 Å². The van der Waals surface area contributed by atoms with E-state index >= 15 is 0 Å². The zero-order valence-electron chi connectivity index (χ0n) is 10.7. The van der Waals surface area contributed by atoms with Gasteiger partial charge in [-0.2, -0.15) is 0 Å². The summed E-state index contributed by atoms with van der Waals surface area (Å²) in [6.45, 7) is 5.93. The first-order valence-electron chi connectivity index (χ1n) is 7.06. The first-order chi connectivity index (χ1) is 7.33. The molecule has 0 amide bonds. The fraction of sp³-hybridized carbons (Fsp3) is 1.00. The van der Waals surface area contributed by atoms with Crippen molar-refractivity contribution in [1.29, 1.82) is 0 Å². The lowest BCUT2D eigenvalue weighted by Gasteiger charge is -2.28. The smallest absolute Gasteiger partial charge is 0.00671 e. The Bertz CT molecular complexity index is 140. The largest absolute Gasteiger partial charge is 0.314 e. The summed E-state index contributed by atoms with van der Waals surface area (Å²) in [6.07, 6.45) is 12.8. The Balaban J connectivity index is 1.82. The molecule has 1 heteroatoms. The second-order valence-electron chi connectivity index (χ2n) is 5.34. The second kappa shape index (κ2) is 8.15. The van der Waals surface area contributed by atoms with Gasteiger partial charge in [-0.3, -0.25) is 0 Å². The highest BCUT2D eigenvalue weighted by Gasteiger charge is 2.16. The lowest BCUT2D eigenvalue weighted by Crippen LogP contribution is -2.37. The second-order valence-corrected chi connectivity index (χ2v) is 5.34. The van der Waals surface area contributed by atoms with E-state index in [1.54, 1.807) is 0 Å². The van der Waals surface area contributed by atoms with Gasteiger partial charge in [-0.15, -0.1) is 0 Å². The van der Waals surface area contributed by atoms with Crippen LogP contribution in [0, 0.1) is 5.92 Å². The van der Waals surface area contributed by atoms with Gasteiger partial charge in [-0.05, 0) is 31.7 Å². The van der Waals surface area contributed by atoms with Gasteiger partial charge in [0.1, 0.15) is 0 Å². The van der Waals surface area contributed by atoms with Crippen LogP contribution in [-0.2, 0) is 0 Å². The monoisotopic (exact) mass is 211 g/mol. The van der Waals surface area contributed by atoms with Crippen molar-refractivity contribution in [2.24, 2.45) is 5.92 Å². The van der Waals surface area contributed by atoms with E-state index in [9.17, 15) is 0 Å². The number of unbranched alkanes of at least 4 members (excludes halogenated alkanes) is 4. The molecule has 15 heavy (non-hydrogen) atoms. The zero-order chi connectivity index (χ0) is 10.9. The molecule has 0 heterocycles. The topological polar surface area (TPSA) is 12.0 Å². The minimum Gasteiger partial charge on any atom is -0.314 e. The Morgan fingerprint density at radius 3 is 2.47 bits per heavy atom. The molecule has 0 aromatic rings. The van der Waals surface area contributed by atoms with E-state index in [0.717, 1.165) is 12.0 Å². The fourth-order valence-corrected chi connectivity index (χ4v) is 2.18. The highest BCUT2D eigenvalue weighted by molar-refractivity contribution is 4.76. The average Bonchev–Trinajstić information content (AvgIpc) is 2.15. The van der Waals surface area contributed by atoms with Crippen LogP contribution in [0.4, 0.5) is 0 Å². The maximum absolute atomic E-state index is 3.67. The highest BCUT2D eigenvalue weighted by Crippen LogP contribution is 2.19. The van der Waals surface area contributed by atoms with Crippen LogP contribution in [-0.4, -0.2) is 12.6 Å². The Labute approximate surface area is 96.0 Å². The SMILES string of the molecule is CCCCCCCC(C)CNC1CCC1. The lowest BCUT2D eigenvalue weighted by atomic mass is 9.92. The number of hydrogen-bond acceptors (Lipinski definition) is 1. The predicted octanol–water partition coefficient (Wildman–Crippen LogP) is 4.13. The van der Waals surface area contributed by atoms with E-state index in [0.29, 0.717) is 0 Å². The van der Waals surface area contributed by atoms with Crippen LogP contribution in [0.25, 0.3) is 0 Å². The molecule has 1 saturated carbocycles. The summed E-state index contributed by atoms with van der Waals surface area (Å²) in [6, 6.07) is 0.868. The third kappa shape index (κ3) is 6.19. The molecule has 90 valence electrons. The summed E-state index contributed by atoms with van der Waals surface area (Å²) in [5.74, 6) is 0.882. The molecule has 0 aliphatic heterocycles. The van der Waals surface area contributed by atoms with Crippen molar-refractivity contribution < 1.29 is 0 Å². The molecule has 1 unspecified atom stereocenters. The standard InChI is InChI=1S/C14H29N/c1-3-4-5-6-7-9-13(2)12-15-14-10-8-11-14/h13-15H,3-12H2,1-2H3. The number of rotatable bonds is 9. The van der Waals surface area contributed by atoms with Gasteiger partial charge < -0.3 is 5.32 Å². The van der Waals surface area contributed by atoms with Crippen LogP contribution in [0.5, 0.6) is 0 Å². The van der Waals surface area contributed by atoms with Gasteiger partial charge in [0.25, 0.3) is 0 Å². The average molecular weight is 211 g/mol. The maximum atomic E-state index is 3.67. The van der Waals surface area contributed by atoms with Crippen molar-refractivity contribution in [3.8, 4) is 0 Å². The van der Waals surface area contributed by atoms with Crippen molar-refractivity contribution in [3.63, 3.8) is 0 Å². The zero-order valence-corrected chi connectivity index (χ0v) is 10.7. The summed E-state index contributed by atoms with van der Waals surface area (Å²) in [7, 11) is 0. The molecule has 1 rings (SSSR count). The van der Waals surface area contributed by atoms with Gasteiger partial charge in [-0.1, -0.05) is 52.4 Å². The Hall–Kier alpha value is -0.0400. The van der Waals surface area contributed by atoms with Crippen molar-refractivity contribution in [3.05, 3.63) is 0 Å². The van der Waals surface area contributed by atoms with Gasteiger partial charge in [0.05, 0.1) is 0 Å². The normalized spacial score (nSPS) is 18.8. The maximum Gasteiger partial charge on any atom is 0.00671 e. The van der Waals surface area contributed by atoms with E-state index in [4.69, 9.17) is 0 Å². The van der Waals surface area contributed by atoms with E-state index in [-0.39, 0.29) is 0 Å². The van der Waals surface area contributed by atoms with Crippen molar-refractivity contribution in [1.82, 2.24) is 5.32 Å². The van der Waals surface area contributed by atoms with Gasteiger partial charge in [0.2, 0.25) is 0 Å². The summed E-state index contributed by atoms with van der Waals surface area (Å²) >= 11 is 0. The number of nitrogens with one attached hydrogen (secondary N) is 1. The molecular formula is C14H29N. The third-order valence-electron chi connectivity index (χ3n) is 3.66. The van der Waals surface area contributed by atoms with Crippen LogP contribution in [0.1, 0.15) is 71.6 Å². The molecule has 0 saturated heterocycles. The van der Waals surface area contributed by atoms with Crippen LogP contribution < -0.4 is 5.32 Å². The molecule has 1 aliphatic carbocycles. The molecule has 1 fully saturated rings. The van der Waals surface area contributed by atoms with E-state index < -0.39 is 0 Å². The summed E-state index contributed by atoms with van der Waals surface area (Å²) in [5, 5.41) is 3.67. The first-order valence-corrected chi connectivity index (χ1v) is 7.06. The molecule has 1 aliphatic rings. The van der Waals surface area contributed by atoms with Gasteiger partial charge >= 0.3 is 0 Å². The van der Waals surface area contributed by atoms with Crippen molar-refractivity contribution >= 4 is 0 Å². The summed E-state index contributed by atoms with van der Waals surface area (Å²) < 4.78 is 0. The van der Waals surface area contributed by atoms with Crippen LogP contribution in [0.3, 0.4) is 0 Å². The molecule has 1 nitrogen and oxygen atoms in total. The van der Waals surface area contributed by atoms with Crippen LogP contribution >= 0.6 is 0 Å². The molecule has 1 N–H and O–H groups in total. The summed E-state index contributed by atoms with van der Waals surface area (Å²) in [5.41, 5.74) is 0. The van der Waals surface area contributed by atoms with E-state index in [1.807, 2.05) is 0 Å². The van der Waals surface area contributed by atoms with Crippen LogP contribution in [0.15, 0.2) is 0 Å². The molecule has 0 radical (unpaired) electrons. The highest BCUT2D eigenvalue weighted by atomic mass is 14.9. The molecule has 0 aromatic heterocycles. The molecule has 0 spiro atoms. The minimum absolute atomic E-state index is 0.868. The molecule has 1 atom stereocenters. The first kappa shape index (κ1) is 13.0. The Kier molecular flexibility index (Phi) is 7.08. The Morgan fingerprint density at radius 1 is 1.13 bits per heavy atom. The quantitative estimate of drug-likeness (QED) is 0.566. The van der Waals surface area contributed by atoms with Gasteiger partial charge in [0.15, 0.2) is 0 Å². The summed E-state index contributed by atoms with van der Waals surface area (Å²) in [4.78, 5) is 0. The molecular weight excluding hydrogens is 182 g/mol. The van der Waals surface area contributed by atoms with Crippen LogP contribution in [0.2, 0.25) is 0 Å².